The van der Waals surface area contributed by atoms with Crippen molar-refractivity contribution in [2.75, 3.05) is 6.61 Å². The number of hydrogen-bond donors (Lipinski definition) is 3. The summed E-state index contributed by atoms with van der Waals surface area (Å²) in [5.41, 5.74) is 1.59. The molecule has 3 N–H and O–H groups in total. The van der Waals surface area contributed by atoms with Crippen molar-refractivity contribution in [3.8, 4) is 5.75 Å². The molecule has 2 amide bonds. The van der Waals surface area contributed by atoms with E-state index in [1.165, 1.54) is 12.5 Å². The van der Waals surface area contributed by atoms with Gasteiger partial charge in [0.1, 0.15) is 11.4 Å². The Morgan fingerprint density at radius 1 is 1.19 bits per heavy atom. The molecule has 1 aromatic heterocycles. The number of benzene rings is 1. The predicted octanol–water partition coefficient (Wildman–Crippen LogP) is 1.95. The van der Waals surface area contributed by atoms with E-state index in [-0.39, 0.29) is 30.5 Å². The van der Waals surface area contributed by atoms with Gasteiger partial charge in [-0.1, -0.05) is 17.7 Å². The molecule has 26 heavy (non-hydrogen) atoms. The Morgan fingerprint density at radius 2 is 1.92 bits per heavy atom. The molecule has 0 bridgehead atoms. The van der Waals surface area contributed by atoms with E-state index >= 15 is 0 Å². The maximum absolute atomic E-state index is 12.1. The van der Waals surface area contributed by atoms with E-state index in [0.717, 1.165) is 31.2 Å². The third-order valence-corrected chi connectivity index (χ3v) is 4.51. The number of nitrogens with one attached hydrogen (secondary N) is 3. The van der Waals surface area contributed by atoms with E-state index in [1.807, 2.05) is 31.2 Å². The number of ether oxygens (including phenoxy) is 1. The van der Waals surface area contributed by atoms with Crippen molar-refractivity contribution in [3.63, 3.8) is 0 Å². The highest BCUT2D eigenvalue weighted by Gasteiger charge is 2.25. The maximum atomic E-state index is 12.1. The molecular formula is C19H24N4O3. The van der Waals surface area contributed by atoms with Crippen LogP contribution >= 0.6 is 0 Å². The van der Waals surface area contributed by atoms with E-state index < -0.39 is 0 Å². The fourth-order valence-corrected chi connectivity index (χ4v) is 3.15. The number of nitrogens with zero attached hydrogens (tertiary/aromatic N) is 1. The van der Waals surface area contributed by atoms with Crippen LogP contribution in [0, 0.1) is 6.92 Å². The Morgan fingerprint density at radius 3 is 2.62 bits per heavy atom. The van der Waals surface area contributed by atoms with Gasteiger partial charge in [-0.15, -0.1) is 0 Å². The van der Waals surface area contributed by atoms with Gasteiger partial charge in [-0.25, -0.2) is 4.98 Å². The molecule has 3 rings (SSSR count). The van der Waals surface area contributed by atoms with Crippen molar-refractivity contribution in [2.45, 2.75) is 44.7 Å². The number of H-pyrrole nitrogens is 1. The molecule has 7 nitrogen and oxygen atoms in total. The topological polar surface area (TPSA) is 96.1 Å². The van der Waals surface area contributed by atoms with Crippen molar-refractivity contribution in [1.29, 1.82) is 0 Å². The van der Waals surface area contributed by atoms with Crippen molar-refractivity contribution in [3.05, 3.63) is 48.0 Å². The summed E-state index contributed by atoms with van der Waals surface area (Å²) in [6, 6.07) is 7.68. The van der Waals surface area contributed by atoms with E-state index in [1.54, 1.807) is 0 Å². The van der Waals surface area contributed by atoms with Crippen LogP contribution in [0.5, 0.6) is 5.75 Å². The summed E-state index contributed by atoms with van der Waals surface area (Å²) in [5, 5.41) is 6.00. The van der Waals surface area contributed by atoms with Crippen LogP contribution in [0.15, 0.2) is 36.8 Å². The highest BCUT2D eigenvalue weighted by Crippen LogP contribution is 2.19. The molecule has 0 aliphatic heterocycles. The first-order valence-electron chi connectivity index (χ1n) is 8.88. The maximum Gasteiger partial charge on any atom is 0.269 e. The van der Waals surface area contributed by atoms with E-state index in [4.69, 9.17) is 4.74 Å². The lowest BCUT2D eigenvalue weighted by atomic mass is 9.91. The average Bonchev–Trinajstić information content (AvgIpc) is 3.16. The average molecular weight is 356 g/mol. The third-order valence-electron chi connectivity index (χ3n) is 4.51. The first kappa shape index (κ1) is 18.0. The second-order valence-electron chi connectivity index (χ2n) is 6.67. The van der Waals surface area contributed by atoms with Gasteiger partial charge in [0, 0.05) is 12.1 Å². The summed E-state index contributed by atoms with van der Waals surface area (Å²) < 4.78 is 5.51. The number of carbonyl (C=O) groups excluding carboxylic acids is 2. The van der Waals surface area contributed by atoms with Crippen LogP contribution in [0.2, 0.25) is 0 Å². The zero-order chi connectivity index (χ0) is 18.4. The minimum absolute atomic E-state index is 0.00919. The number of amides is 2. The lowest BCUT2D eigenvalue weighted by Crippen LogP contribution is -2.46. The van der Waals surface area contributed by atoms with E-state index in [2.05, 4.69) is 20.6 Å². The van der Waals surface area contributed by atoms with Crippen molar-refractivity contribution in [2.24, 2.45) is 0 Å². The van der Waals surface area contributed by atoms with Gasteiger partial charge in [-0.05, 0) is 44.7 Å². The fraction of sp³-hybridized carbons (Fsp3) is 0.421. The predicted molar refractivity (Wildman–Crippen MR) is 96.9 cm³/mol. The van der Waals surface area contributed by atoms with Gasteiger partial charge < -0.3 is 20.4 Å². The van der Waals surface area contributed by atoms with Gasteiger partial charge in [0.15, 0.2) is 6.61 Å². The van der Waals surface area contributed by atoms with Crippen LogP contribution in [0.1, 0.15) is 41.7 Å². The molecule has 1 aliphatic rings. The molecule has 1 saturated carbocycles. The summed E-state index contributed by atoms with van der Waals surface area (Å²) in [4.78, 5) is 30.9. The van der Waals surface area contributed by atoms with Crippen molar-refractivity contribution >= 4 is 11.8 Å². The van der Waals surface area contributed by atoms with Crippen LogP contribution in [0.25, 0.3) is 0 Å². The molecule has 0 saturated heterocycles. The molecular weight excluding hydrogens is 332 g/mol. The second-order valence-corrected chi connectivity index (χ2v) is 6.67. The number of rotatable bonds is 6. The number of carbonyl (C=O) groups is 2. The Labute approximate surface area is 152 Å². The van der Waals surface area contributed by atoms with Gasteiger partial charge in [0.25, 0.3) is 11.8 Å². The highest BCUT2D eigenvalue weighted by atomic mass is 16.5. The van der Waals surface area contributed by atoms with E-state index in [0.29, 0.717) is 11.4 Å². The number of aryl methyl sites for hydroxylation is 1. The standard InChI is InChI=1S/C19H24N4O3/c1-13-5-7-16(8-6-13)26-11-18(24)22-14-3-2-4-15(9-14)23-19(25)17-10-20-12-21-17/h5-8,10,12,14-15H,2-4,9,11H2,1H3,(H,20,21)(H,22,24)(H,23,25)/t14-,15-/m1/s1. The molecule has 1 aliphatic carbocycles. The SMILES string of the molecule is Cc1ccc(OCC(=O)N[C@@H]2CCC[C@@H](NC(=O)c3cnc[nH]3)C2)cc1. The zero-order valence-electron chi connectivity index (χ0n) is 14.8. The summed E-state index contributed by atoms with van der Waals surface area (Å²) in [7, 11) is 0. The number of aromatic nitrogens is 2. The molecule has 7 heteroatoms. The van der Waals surface area contributed by atoms with E-state index in [9.17, 15) is 9.59 Å². The summed E-state index contributed by atoms with van der Waals surface area (Å²) in [6.45, 7) is 1.99. The quantitative estimate of drug-likeness (QED) is 0.737. The van der Waals surface area contributed by atoms with Crippen LogP contribution in [0.4, 0.5) is 0 Å². The summed E-state index contributed by atoms with van der Waals surface area (Å²) in [5.74, 6) is 0.373. The molecule has 0 unspecified atom stereocenters. The Kier molecular flexibility index (Phi) is 5.88. The van der Waals surface area contributed by atoms with Crippen LogP contribution < -0.4 is 15.4 Å². The largest absolute Gasteiger partial charge is 0.484 e. The van der Waals surface area contributed by atoms with Crippen molar-refractivity contribution < 1.29 is 14.3 Å². The molecule has 1 aromatic carbocycles. The molecule has 0 spiro atoms. The lowest BCUT2D eigenvalue weighted by molar-refractivity contribution is -0.124. The summed E-state index contributed by atoms with van der Waals surface area (Å²) in [6.07, 6.45) is 6.47. The van der Waals surface area contributed by atoms with Gasteiger partial charge in [-0.3, -0.25) is 9.59 Å². The first-order chi connectivity index (χ1) is 12.6. The van der Waals surface area contributed by atoms with Crippen LogP contribution in [-0.4, -0.2) is 40.5 Å². The minimum Gasteiger partial charge on any atom is -0.484 e. The smallest absolute Gasteiger partial charge is 0.269 e. The third kappa shape index (κ3) is 5.08. The molecule has 2 atom stereocenters. The van der Waals surface area contributed by atoms with Crippen LogP contribution in [0.3, 0.4) is 0 Å². The van der Waals surface area contributed by atoms with Gasteiger partial charge in [0.2, 0.25) is 0 Å². The minimum atomic E-state index is -0.165. The van der Waals surface area contributed by atoms with Crippen molar-refractivity contribution in [1.82, 2.24) is 20.6 Å². The molecule has 1 fully saturated rings. The second kappa shape index (κ2) is 8.51. The number of imidazole rings is 1. The molecule has 0 radical (unpaired) electrons. The Balaban J connectivity index is 1.43. The van der Waals surface area contributed by atoms with Crippen LogP contribution in [-0.2, 0) is 4.79 Å². The van der Waals surface area contributed by atoms with Gasteiger partial charge in [-0.2, -0.15) is 0 Å². The zero-order valence-corrected chi connectivity index (χ0v) is 14.8. The normalized spacial score (nSPS) is 19.6. The Bertz CT molecular complexity index is 728. The molecule has 138 valence electrons. The number of aromatic amines is 1. The van der Waals surface area contributed by atoms with Gasteiger partial charge in [0.05, 0.1) is 12.5 Å². The summed E-state index contributed by atoms with van der Waals surface area (Å²) >= 11 is 0. The Hall–Kier alpha value is -2.83. The molecule has 1 heterocycles. The monoisotopic (exact) mass is 356 g/mol. The molecule has 2 aromatic rings. The fourth-order valence-electron chi connectivity index (χ4n) is 3.15. The first-order valence-corrected chi connectivity index (χ1v) is 8.88. The lowest BCUT2D eigenvalue weighted by Gasteiger charge is -2.30. The highest BCUT2D eigenvalue weighted by molar-refractivity contribution is 5.92. The van der Waals surface area contributed by atoms with Gasteiger partial charge >= 0.3 is 0 Å². The number of hydrogen-bond acceptors (Lipinski definition) is 4.